The highest BCUT2D eigenvalue weighted by Gasteiger charge is 2.41. The van der Waals surface area contributed by atoms with E-state index >= 15 is 0 Å². The second kappa shape index (κ2) is 6.95. The molecule has 0 saturated carbocycles. The van der Waals surface area contributed by atoms with Crippen LogP contribution in [0.25, 0.3) is 0 Å². The van der Waals surface area contributed by atoms with Gasteiger partial charge in [0.15, 0.2) is 5.96 Å². The fourth-order valence-corrected chi connectivity index (χ4v) is 4.47. The molecule has 0 radical (unpaired) electrons. The van der Waals surface area contributed by atoms with Crippen LogP contribution in [0.5, 0.6) is 0 Å². The van der Waals surface area contributed by atoms with E-state index < -0.39 is 0 Å². The molecule has 2 bridgehead atoms. The highest BCUT2D eigenvalue weighted by molar-refractivity contribution is 5.80. The second-order valence-corrected chi connectivity index (χ2v) is 7.33. The number of fused-ring (bicyclic) bond motifs is 3. The Kier molecular flexibility index (Phi) is 4.73. The van der Waals surface area contributed by atoms with Crippen molar-refractivity contribution >= 4 is 5.96 Å². The lowest BCUT2D eigenvalue weighted by molar-refractivity contribution is -0.0432. The fourth-order valence-electron chi connectivity index (χ4n) is 4.47. The second-order valence-electron chi connectivity index (χ2n) is 7.33. The zero-order valence-electron chi connectivity index (χ0n) is 14.2. The monoisotopic (exact) mass is 322 g/mol. The maximum absolute atomic E-state index is 6.01. The van der Waals surface area contributed by atoms with Crippen LogP contribution in [0.2, 0.25) is 0 Å². The van der Waals surface area contributed by atoms with Gasteiger partial charge in [0.1, 0.15) is 0 Å². The van der Waals surface area contributed by atoms with Gasteiger partial charge in [0.2, 0.25) is 0 Å². The molecule has 0 aliphatic carbocycles. The largest absolute Gasteiger partial charge is 0.373 e. The zero-order valence-corrected chi connectivity index (χ0v) is 14.2. The molecule has 0 spiro atoms. The first-order valence-corrected chi connectivity index (χ1v) is 9.37. The average Bonchev–Trinajstić information content (AvgIpc) is 3.28. The van der Waals surface area contributed by atoms with Gasteiger partial charge < -0.3 is 20.1 Å². The van der Waals surface area contributed by atoms with E-state index in [4.69, 9.17) is 14.5 Å². The third kappa shape index (κ3) is 3.49. The van der Waals surface area contributed by atoms with Crippen LogP contribution < -0.4 is 10.6 Å². The minimum atomic E-state index is 0.232. The first-order chi connectivity index (χ1) is 11.3. The highest BCUT2D eigenvalue weighted by Crippen LogP contribution is 2.34. The van der Waals surface area contributed by atoms with Crippen molar-refractivity contribution in [3.05, 3.63) is 0 Å². The van der Waals surface area contributed by atoms with Crippen LogP contribution in [-0.4, -0.2) is 74.0 Å². The summed E-state index contributed by atoms with van der Waals surface area (Å²) < 4.78 is 11.9. The van der Waals surface area contributed by atoms with Gasteiger partial charge in [-0.05, 0) is 45.6 Å². The van der Waals surface area contributed by atoms with E-state index in [1.165, 1.54) is 32.2 Å². The smallest absolute Gasteiger partial charge is 0.191 e. The molecule has 4 heterocycles. The predicted molar refractivity (Wildman–Crippen MR) is 89.7 cm³/mol. The van der Waals surface area contributed by atoms with Crippen molar-refractivity contribution in [2.45, 2.75) is 69.4 Å². The summed E-state index contributed by atoms with van der Waals surface area (Å²) in [5, 5.41) is 6.95. The van der Waals surface area contributed by atoms with E-state index in [2.05, 4.69) is 22.5 Å². The van der Waals surface area contributed by atoms with Gasteiger partial charge in [0, 0.05) is 19.1 Å². The maximum Gasteiger partial charge on any atom is 0.191 e. The van der Waals surface area contributed by atoms with Gasteiger partial charge in [0.25, 0.3) is 0 Å². The molecule has 4 fully saturated rings. The molecular formula is C17H30N4O2. The maximum atomic E-state index is 6.01. The number of nitrogens with one attached hydrogen (secondary N) is 2. The first-order valence-electron chi connectivity index (χ1n) is 9.37. The summed E-state index contributed by atoms with van der Waals surface area (Å²) in [5.41, 5.74) is 0. The van der Waals surface area contributed by atoms with E-state index in [-0.39, 0.29) is 6.10 Å². The van der Waals surface area contributed by atoms with Gasteiger partial charge in [-0.3, -0.25) is 9.89 Å². The molecule has 5 unspecified atom stereocenters. The molecule has 4 rings (SSSR count). The summed E-state index contributed by atoms with van der Waals surface area (Å²) in [5.74, 6) is 0.917. The molecule has 130 valence electrons. The Bertz CT molecular complexity index is 444. The molecule has 6 nitrogen and oxygen atoms in total. The Balaban J connectivity index is 1.30. The Morgan fingerprint density at radius 1 is 1.30 bits per heavy atom. The Morgan fingerprint density at radius 2 is 2.26 bits per heavy atom. The number of ether oxygens (including phenoxy) is 2. The summed E-state index contributed by atoms with van der Waals surface area (Å²) in [6.07, 6.45) is 7.21. The number of guanidine groups is 1. The Hall–Kier alpha value is -0.850. The van der Waals surface area contributed by atoms with Crippen LogP contribution >= 0.6 is 0 Å². The van der Waals surface area contributed by atoms with Gasteiger partial charge in [-0.15, -0.1) is 0 Å². The van der Waals surface area contributed by atoms with E-state index in [9.17, 15) is 0 Å². The summed E-state index contributed by atoms with van der Waals surface area (Å²) >= 11 is 0. The van der Waals surface area contributed by atoms with E-state index in [1.807, 2.05) is 0 Å². The van der Waals surface area contributed by atoms with Crippen molar-refractivity contribution < 1.29 is 9.47 Å². The van der Waals surface area contributed by atoms with E-state index in [0.29, 0.717) is 24.3 Å². The SMILES string of the molecule is CCNC(=NCC1CN2CCCC2CO1)NC1CC2CCC1O2. The van der Waals surface area contributed by atoms with E-state index in [0.717, 1.165) is 38.6 Å². The van der Waals surface area contributed by atoms with Crippen molar-refractivity contribution in [1.29, 1.82) is 0 Å². The lowest BCUT2D eigenvalue weighted by atomic mass is 9.96. The molecule has 4 aliphatic heterocycles. The van der Waals surface area contributed by atoms with Crippen LogP contribution in [0, 0.1) is 0 Å². The van der Waals surface area contributed by atoms with Crippen LogP contribution in [0.1, 0.15) is 39.0 Å². The summed E-state index contributed by atoms with van der Waals surface area (Å²) in [4.78, 5) is 7.36. The van der Waals surface area contributed by atoms with Gasteiger partial charge in [-0.1, -0.05) is 0 Å². The molecule has 4 saturated heterocycles. The first kappa shape index (κ1) is 15.7. The third-order valence-corrected chi connectivity index (χ3v) is 5.69. The summed E-state index contributed by atoms with van der Waals surface area (Å²) in [6.45, 7) is 6.87. The average molecular weight is 322 g/mol. The Morgan fingerprint density at radius 3 is 3.04 bits per heavy atom. The van der Waals surface area contributed by atoms with Crippen LogP contribution in [0.4, 0.5) is 0 Å². The van der Waals surface area contributed by atoms with E-state index in [1.54, 1.807) is 0 Å². The standard InChI is InChI=1S/C17H30N4O2/c1-2-18-17(20-15-8-13-5-6-16(15)23-13)19-9-14-10-21-7-3-4-12(21)11-22-14/h12-16H,2-11H2,1H3,(H2,18,19,20). The lowest BCUT2D eigenvalue weighted by Crippen LogP contribution is -2.49. The fraction of sp³-hybridized carbons (Fsp3) is 0.941. The van der Waals surface area contributed by atoms with Crippen LogP contribution in [-0.2, 0) is 9.47 Å². The van der Waals surface area contributed by atoms with Crippen molar-refractivity contribution in [2.24, 2.45) is 4.99 Å². The van der Waals surface area contributed by atoms with Crippen LogP contribution in [0.15, 0.2) is 4.99 Å². The molecule has 2 N–H and O–H groups in total. The van der Waals surface area contributed by atoms with Gasteiger partial charge in [-0.25, -0.2) is 0 Å². The quantitative estimate of drug-likeness (QED) is 0.590. The van der Waals surface area contributed by atoms with Crippen molar-refractivity contribution in [2.75, 3.05) is 32.8 Å². The number of nitrogens with zero attached hydrogens (tertiary/aromatic N) is 2. The highest BCUT2D eigenvalue weighted by atomic mass is 16.5. The molecule has 0 aromatic rings. The number of rotatable bonds is 4. The predicted octanol–water partition coefficient (Wildman–Crippen LogP) is 0.725. The molecule has 0 aromatic heterocycles. The number of morpholine rings is 1. The van der Waals surface area contributed by atoms with Crippen molar-refractivity contribution in [3.8, 4) is 0 Å². The topological polar surface area (TPSA) is 58.1 Å². The van der Waals surface area contributed by atoms with Crippen LogP contribution in [0.3, 0.4) is 0 Å². The van der Waals surface area contributed by atoms with Crippen molar-refractivity contribution in [3.63, 3.8) is 0 Å². The zero-order chi connectivity index (χ0) is 15.6. The normalized spacial score (nSPS) is 40.4. The number of hydrogen-bond donors (Lipinski definition) is 2. The molecule has 0 amide bonds. The molecule has 5 atom stereocenters. The molecule has 23 heavy (non-hydrogen) atoms. The Labute approximate surface area is 139 Å². The van der Waals surface area contributed by atoms with Gasteiger partial charge in [-0.2, -0.15) is 0 Å². The molecule has 6 heteroatoms. The van der Waals surface area contributed by atoms with Gasteiger partial charge >= 0.3 is 0 Å². The number of aliphatic imine (C=N–C) groups is 1. The molecule has 0 aromatic carbocycles. The summed E-state index contributed by atoms with van der Waals surface area (Å²) in [6, 6.07) is 1.08. The third-order valence-electron chi connectivity index (χ3n) is 5.69. The lowest BCUT2D eigenvalue weighted by Gasteiger charge is -2.34. The minimum absolute atomic E-state index is 0.232. The van der Waals surface area contributed by atoms with Crippen molar-refractivity contribution in [1.82, 2.24) is 15.5 Å². The minimum Gasteiger partial charge on any atom is -0.373 e. The number of hydrogen-bond acceptors (Lipinski definition) is 4. The summed E-state index contributed by atoms with van der Waals surface area (Å²) in [7, 11) is 0. The van der Waals surface area contributed by atoms with Gasteiger partial charge in [0.05, 0.1) is 37.5 Å². The molecule has 4 aliphatic rings. The molecular weight excluding hydrogens is 292 g/mol.